The summed E-state index contributed by atoms with van der Waals surface area (Å²) in [5.41, 5.74) is 5.43. The van der Waals surface area contributed by atoms with Gasteiger partial charge in [-0.1, -0.05) is 0 Å². The van der Waals surface area contributed by atoms with E-state index in [1.807, 2.05) is 6.92 Å². The molecule has 3 unspecified atom stereocenters. The largest absolute Gasteiger partial charge is 0.418 e. The Bertz CT molecular complexity index is 434. The Labute approximate surface area is 115 Å². The molecule has 0 bridgehead atoms. The van der Waals surface area contributed by atoms with Crippen LogP contribution in [-0.2, 0) is 10.9 Å². The van der Waals surface area contributed by atoms with Gasteiger partial charge in [0.1, 0.15) is 0 Å². The molecule has 2 heterocycles. The lowest BCUT2D eigenvalue weighted by Gasteiger charge is -2.21. The maximum atomic E-state index is 12.7. The van der Waals surface area contributed by atoms with E-state index in [1.165, 1.54) is 0 Å². The first-order valence-electron chi connectivity index (χ1n) is 5.53. The molecule has 1 aromatic rings. The summed E-state index contributed by atoms with van der Waals surface area (Å²) in [5, 5.41) is 1.11. The average Bonchev–Trinajstić information content (AvgIpc) is 2.82. The highest BCUT2D eigenvalue weighted by atomic mass is 79.9. The van der Waals surface area contributed by atoms with Gasteiger partial charge in [-0.2, -0.15) is 13.2 Å². The quantitative estimate of drug-likeness (QED) is 0.882. The van der Waals surface area contributed by atoms with Gasteiger partial charge in [-0.25, -0.2) is 0 Å². The van der Waals surface area contributed by atoms with Crippen LogP contribution < -0.4 is 5.73 Å². The highest BCUT2D eigenvalue weighted by Crippen LogP contribution is 2.44. The van der Waals surface area contributed by atoms with Crippen LogP contribution in [0.25, 0.3) is 0 Å². The Morgan fingerprint density at radius 2 is 2.22 bits per heavy atom. The molecule has 102 valence electrons. The minimum atomic E-state index is -4.34. The summed E-state index contributed by atoms with van der Waals surface area (Å²) in [6.45, 7) is 2.53. The Balaban J connectivity index is 2.26. The van der Waals surface area contributed by atoms with E-state index in [2.05, 4.69) is 15.9 Å². The molecule has 0 saturated carbocycles. The molecule has 2 N–H and O–H groups in total. The smallest absolute Gasteiger partial charge is 0.378 e. The first kappa shape index (κ1) is 14.3. The van der Waals surface area contributed by atoms with Crippen molar-refractivity contribution in [3.05, 3.63) is 20.3 Å². The highest BCUT2D eigenvalue weighted by molar-refractivity contribution is 9.10. The SMILES string of the molecule is CC1OCCC1C(N)c1scc(C(F)(F)F)c1Br. The fraction of sp³-hybridized carbons (Fsp3) is 0.636. The molecule has 3 atom stereocenters. The van der Waals surface area contributed by atoms with E-state index in [1.54, 1.807) is 0 Å². The monoisotopic (exact) mass is 343 g/mol. The van der Waals surface area contributed by atoms with Gasteiger partial charge in [-0.15, -0.1) is 11.3 Å². The predicted molar refractivity (Wildman–Crippen MR) is 67.5 cm³/mol. The number of alkyl halides is 3. The first-order valence-corrected chi connectivity index (χ1v) is 7.21. The summed E-state index contributed by atoms with van der Waals surface area (Å²) in [4.78, 5) is 0.546. The molecule has 1 aliphatic rings. The molecule has 0 radical (unpaired) electrons. The van der Waals surface area contributed by atoms with Crippen LogP contribution >= 0.6 is 27.3 Å². The third kappa shape index (κ3) is 2.59. The average molecular weight is 344 g/mol. The topological polar surface area (TPSA) is 35.2 Å². The molecule has 1 aromatic heterocycles. The molecular weight excluding hydrogens is 331 g/mol. The molecule has 0 aliphatic carbocycles. The normalized spacial score (nSPS) is 26.6. The van der Waals surface area contributed by atoms with E-state index in [0.29, 0.717) is 11.5 Å². The second-order valence-electron chi connectivity index (χ2n) is 4.38. The Morgan fingerprint density at radius 3 is 2.67 bits per heavy atom. The van der Waals surface area contributed by atoms with Gasteiger partial charge < -0.3 is 10.5 Å². The molecular formula is C11H13BrF3NOS. The van der Waals surface area contributed by atoms with E-state index in [-0.39, 0.29) is 16.5 Å². The number of thiophene rings is 1. The summed E-state index contributed by atoms with van der Waals surface area (Å²) in [6.07, 6.45) is -3.57. The maximum absolute atomic E-state index is 12.7. The summed E-state index contributed by atoms with van der Waals surface area (Å²) in [7, 11) is 0. The third-order valence-electron chi connectivity index (χ3n) is 3.26. The number of halogens is 4. The number of nitrogens with two attached hydrogens (primary N) is 1. The molecule has 2 nitrogen and oxygen atoms in total. The van der Waals surface area contributed by atoms with Crippen LogP contribution in [0.2, 0.25) is 0 Å². The van der Waals surface area contributed by atoms with Crippen LogP contribution in [0.4, 0.5) is 13.2 Å². The zero-order valence-electron chi connectivity index (χ0n) is 9.63. The number of ether oxygens (including phenoxy) is 1. The van der Waals surface area contributed by atoms with Crippen LogP contribution in [0.3, 0.4) is 0 Å². The molecule has 18 heavy (non-hydrogen) atoms. The van der Waals surface area contributed by atoms with E-state index in [0.717, 1.165) is 23.1 Å². The lowest BCUT2D eigenvalue weighted by Crippen LogP contribution is -2.26. The number of hydrogen-bond donors (Lipinski definition) is 1. The molecule has 0 amide bonds. The van der Waals surface area contributed by atoms with Gasteiger partial charge in [0.2, 0.25) is 0 Å². The Hall–Kier alpha value is -0.110. The van der Waals surface area contributed by atoms with Crippen LogP contribution in [0.15, 0.2) is 9.85 Å². The lowest BCUT2D eigenvalue weighted by molar-refractivity contribution is -0.137. The number of rotatable bonds is 2. The standard InChI is InChI=1S/C11H13BrF3NOS/c1-5-6(2-3-17-5)9(16)10-8(12)7(4-18-10)11(13,14)15/h4-6,9H,2-3,16H2,1H3. The fourth-order valence-electron chi connectivity index (χ4n) is 2.19. The Morgan fingerprint density at radius 1 is 1.56 bits per heavy atom. The lowest BCUT2D eigenvalue weighted by atomic mass is 9.93. The zero-order chi connectivity index (χ0) is 13.5. The van der Waals surface area contributed by atoms with Crippen molar-refractivity contribution in [3.8, 4) is 0 Å². The van der Waals surface area contributed by atoms with Crippen LogP contribution in [0.5, 0.6) is 0 Å². The van der Waals surface area contributed by atoms with E-state index < -0.39 is 17.8 Å². The molecule has 0 spiro atoms. The van der Waals surface area contributed by atoms with Gasteiger partial charge >= 0.3 is 6.18 Å². The molecule has 0 aromatic carbocycles. The Kier molecular flexibility index (Phi) is 4.06. The highest BCUT2D eigenvalue weighted by Gasteiger charge is 2.38. The van der Waals surface area contributed by atoms with E-state index in [9.17, 15) is 13.2 Å². The summed E-state index contributed by atoms with van der Waals surface area (Å²) < 4.78 is 43.6. The van der Waals surface area contributed by atoms with Crippen LogP contribution in [0, 0.1) is 5.92 Å². The second-order valence-corrected chi connectivity index (χ2v) is 6.08. The van der Waals surface area contributed by atoms with Crippen molar-refractivity contribution >= 4 is 27.3 Å². The summed E-state index contributed by atoms with van der Waals surface area (Å²) in [5.74, 6) is 0.0704. The van der Waals surface area contributed by atoms with Crippen molar-refractivity contribution in [2.24, 2.45) is 11.7 Å². The van der Waals surface area contributed by atoms with E-state index in [4.69, 9.17) is 10.5 Å². The van der Waals surface area contributed by atoms with Crippen molar-refractivity contribution in [3.63, 3.8) is 0 Å². The molecule has 7 heteroatoms. The van der Waals surface area contributed by atoms with Crippen molar-refractivity contribution in [1.82, 2.24) is 0 Å². The first-order chi connectivity index (χ1) is 8.32. The van der Waals surface area contributed by atoms with Gasteiger partial charge in [-0.05, 0) is 29.3 Å². The van der Waals surface area contributed by atoms with Gasteiger partial charge in [0, 0.05) is 33.3 Å². The molecule has 1 fully saturated rings. The van der Waals surface area contributed by atoms with Crippen molar-refractivity contribution < 1.29 is 17.9 Å². The fourth-order valence-corrected chi connectivity index (χ4v) is 4.27. The third-order valence-corrected chi connectivity index (χ3v) is 5.46. The van der Waals surface area contributed by atoms with Crippen LogP contribution in [0.1, 0.15) is 29.8 Å². The zero-order valence-corrected chi connectivity index (χ0v) is 12.0. The minimum Gasteiger partial charge on any atom is -0.378 e. The summed E-state index contributed by atoms with van der Waals surface area (Å²) >= 11 is 4.08. The van der Waals surface area contributed by atoms with Crippen LogP contribution in [-0.4, -0.2) is 12.7 Å². The van der Waals surface area contributed by atoms with Gasteiger partial charge in [0.25, 0.3) is 0 Å². The van der Waals surface area contributed by atoms with Gasteiger partial charge in [0.05, 0.1) is 11.7 Å². The van der Waals surface area contributed by atoms with Crippen molar-refractivity contribution in [1.29, 1.82) is 0 Å². The molecule has 2 rings (SSSR count). The predicted octanol–water partition coefficient (Wildman–Crippen LogP) is 3.95. The summed E-state index contributed by atoms with van der Waals surface area (Å²) in [6, 6.07) is -0.419. The number of hydrogen-bond acceptors (Lipinski definition) is 3. The van der Waals surface area contributed by atoms with Gasteiger partial charge in [-0.3, -0.25) is 0 Å². The maximum Gasteiger partial charge on any atom is 0.418 e. The van der Waals surface area contributed by atoms with E-state index >= 15 is 0 Å². The minimum absolute atomic E-state index is 0.0108. The molecule has 1 aliphatic heterocycles. The van der Waals surface area contributed by atoms with Crippen molar-refractivity contribution in [2.45, 2.75) is 31.7 Å². The van der Waals surface area contributed by atoms with Crippen molar-refractivity contribution in [2.75, 3.05) is 6.61 Å². The second kappa shape index (κ2) is 5.11. The van der Waals surface area contributed by atoms with Gasteiger partial charge in [0.15, 0.2) is 0 Å². The molecule has 1 saturated heterocycles.